The summed E-state index contributed by atoms with van der Waals surface area (Å²) in [4.78, 5) is 43.8. The number of amides is 4. The van der Waals surface area contributed by atoms with Gasteiger partial charge >= 0.3 is 6.03 Å². The van der Waals surface area contributed by atoms with E-state index in [4.69, 9.17) is 0 Å². The summed E-state index contributed by atoms with van der Waals surface area (Å²) in [6, 6.07) is 18.6. The molecule has 0 aliphatic carbocycles. The molecule has 186 valence electrons. The van der Waals surface area contributed by atoms with Gasteiger partial charge in [-0.2, -0.15) is 0 Å². The van der Waals surface area contributed by atoms with Crippen molar-refractivity contribution in [2.24, 2.45) is 0 Å². The topological polar surface area (TPSA) is 76.2 Å². The molecular weight excluding hydrogens is 442 g/mol. The molecule has 2 aromatic carbocycles. The third-order valence-electron chi connectivity index (χ3n) is 6.96. The lowest BCUT2D eigenvalue weighted by Crippen LogP contribution is -2.76. The van der Waals surface area contributed by atoms with Gasteiger partial charge in [0.05, 0.1) is 19.1 Å². The van der Waals surface area contributed by atoms with E-state index in [1.165, 1.54) is 0 Å². The maximum absolute atomic E-state index is 13.7. The highest BCUT2D eigenvalue weighted by Crippen LogP contribution is 2.32. The number of hydrogen-bond acceptors (Lipinski definition) is 4. The van der Waals surface area contributed by atoms with Crippen LogP contribution in [0.3, 0.4) is 0 Å². The Hall–Kier alpha value is -3.39. The van der Waals surface area contributed by atoms with Gasteiger partial charge in [0, 0.05) is 13.6 Å². The molecule has 2 heterocycles. The van der Waals surface area contributed by atoms with Crippen LogP contribution in [0.5, 0.6) is 0 Å². The van der Waals surface area contributed by atoms with E-state index in [9.17, 15) is 14.4 Å². The quantitative estimate of drug-likeness (QED) is 0.663. The number of nitrogens with zero attached hydrogens (tertiary/aromatic N) is 4. The number of benzene rings is 2. The zero-order valence-electron chi connectivity index (χ0n) is 20.8. The van der Waals surface area contributed by atoms with Crippen LogP contribution >= 0.6 is 0 Å². The van der Waals surface area contributed by atoms with Crippen molar-refractivity contribution in [1.29, 1.82) is 0 Å². The Kier molecular flexibility index (Phi) is 7.70. The second-order valence-electron chi connectivity index (χ2n) is 9.32. The second-order valence-corrected chi connectivity index (χ2v) is 9.32. The van der Waals surface area contributed by atoms with Crippen LogP contribution in [0.15, 0.2) is 60.7 Å². The van der Waals surface area contributed by atoms with Crippen molar-refractivity contribution >= 4 is 17.8 Å². The van der Waals surface area contributed by atoms with Crippen molar-refractivity contribution in [1.82, 2.24) is 25.1 Å². The van der Waals surface area contributed by atoms with E-state index in [2.05, 4.69) is 12.2 Å². The predicted octanol–water partition coefficient (Wildman–Crippen LogP) is 3.38. The molecule has 2 saturated heterocycles. The number of hydrogen-bond donors (Lipinski definition) is 1. The number of urea groups is 1. The summed E-state index contributed by atoms with van der Waals surface area (Å²) in [5.74, 6) is -0.167. The molecule has 0 radical (unpaired) electrons. The van der Waals surface area contributed by atoms with Gasteiger partial charge in [-0.1, -0.05) is 80.4 Å². The van der Waals surface area contributed by atoms with Gasteiger partial charge in [0.15, 0.2) is 0 Å². The highest BCUT2D eigenvalue weighted by atomic mass is 16.2. The Bertz CT molecular complexity index is 1030. The maximum atomic E-state index is 13.7. The zero-order chi connectivity index (χ0) is 24.9. The van der Waals surface area contributed by atoms with E-state index < -0.39 is 12.2 Å². The molecule has 2 aliphatic heterocycles. The van der Waals surface area contributed by atoms with Gasteiger partial charge < -0.3 is 15.1 Å². The average molecular weight is 478 g/mol. The first-order valence-electron chi connectivity index (χ1n) is 12.4. The molecule has 1 N–H and O–H groups in total. The molecule has 2 aliphatic rings. The summed E-state index contributed by atoms with van der Waals surface area (Å²) < 4.78 is 0. The molecule has 2 fully saturated rings. The predicted molar refractivity (Wildman–Crippen MR) is 134 cm³/mol. The van der Waals surface area contributed by atoms with Crippen molar-refractivity contribution in [2.75, 3.05) is 20.1 Å². The molecule has 8 nitrogen and oxygen atoms in total. The molecule has 0 spiro atoms. The zero-order valence-corrected chi connectivity index (χ0v) is 20.8. The Morgan fingerprint density at radius 1 is 1.06 bits per heavy atom. The Labute approximate surface area is 207 Å². The Balaban J connectivity index is 1.63. The third kappa shape index (κ3) is 5.17. The fourth-order valence-corrected chi connectivity index (χ4v) is 5.05. The largest absolute Gasteiger partial charge is 0.334 e. The number of carbonyl (C=O) groups is 3. The first-order valence-corrected chi connectivity index (χ1v) is 12.4. The van der Waals surface area contributed by atoms with E-state index >= 15 is 0 Å². The molecule has 3 atom stereocenters. The molecule has 8 heteroatoms. The van der Waals surface area contributed by atoms with E-state index in [-0.39, 0.29) is 37.0 Å². The van der Waals surface area contributed by atoms with Gasteiger partial charge in [0.1, 0.15) is 12.2 Å². The fraction of sp³-hybridized carbons (Fsp3) is 0.444. The lowest BCUT2D eigenvalue weighted by molar-refractivity contribution is -0.189. The summed E-state index contributed by atoms with van der Waals surface area (Å²) in [7, 11) is 1.75. The summed E-state index contributed by atoms with van der Waals surface area (Å²) >= 11 is 0. The van der Waals surface area contributed by atoms with Crippen LogP contribution in [0.2, 0.25) is 0 Å². The van der Waals surface area contributed by atoms with E-state index in [1.807, 2.05) is 72.5 Å². The van der Waals surface area contributed by atoms with Gasteiger partial charge in [-0.05, 0) is 24.5 Å². The lowest BCUT2D eigenvalue weighted by atomic mass is 9.98. The summed E-state index contributed by atoms with van der Waals surface area (Å²) in [5.41, 5.74) is 2.02. The lowest BCUT2D eigenvalue weighted by Gasteiger charge is -2.55. The first kappa shape index (κ1) is 24.7. The summed E-state index contributed by atoms with van der Waals surface area (Å²) in [5, 5.41) is 6.28. The minimum absolute atomic E-state index is 0.0476. The van der Waals surface area contributed by atoms with Crippen LogP contribution in [0.25, 0.3) is 0 Å². The van der Waals surface area contributed by atoms with Gasteiger partial charge in [-0.3, -0.25) is 9.59 Å². The van der Waals surface area contributed by atoms with E-state index in [0.29, 0.717) is 13.0 Å². The highest BCUT2D eigenvalue weighted by molar-refractivity contribution is 5.91. The average Bonchev–Trinajstić information content (AvgIpc) is 2.87. The number of piperazine rings is 1. The molecule has 2 aromatic rings. The molecule has 0 saturated carbocycles. The van der Waals surface area contributed by atoms with Crippen molar-refractivity contribution in [3.05, 3.63) is 71.8 Å². The number of fused-ring (bicyclic) bond motifs is 1. The molecular formula is C27H35N5O3. The minimum atomic E-state index is -0.578. The summed E-state index contributed by atoms with van der Waals surface area (Å²) in [6.45, 7) is 4.77. The molecule has 4 amide bonds. The maximum Gasteiger partial charge on any atom is 0.334 e. The van der Waals surface area contributed by atoms with Gasteiger partial charge in [-0.15, -0.1) is 0 Å². The summed E-state index contributed by atoms with van der Waals surface area (Å²) in [6.07, 6.45) is 1.77. The Morgan fingerprint density at radius 3 is 2.37 bits per heavy atom. The molecule has 0 bridgehead atoms. The van der Waals surface area contributed by atoms with Crippen molar-refractivity contribution in [2.45, 2.75) is 57.9 Å². The molecule has 4 rings (SSSR count). The number of hydrazine groups is 1. The van der Waals surface area contributed by atoms with E-state index in [0.717, 1.165) is 24.0 Å². The van der Waals surface area contributed by atoms with Crippen LogP contribution in [-0.4, -0.2) is 70.0 Å². The Morgan fingerprint density at radius 2 is 1.71 bits per heavy atom. The smallest absolute Gasteiger partial charge is 0.333 e. The van der Waals surface area contributed by atoms with E-state index in [1.54, 1.807) is 22.0 Å². The van der Waals surface area contributed by atoms with Crippen LogP contribution in [-0.2, 0) is 16.1 Å². The normalized spacial score (nSPS) is 21.6. The molecule has 0 aromatic heterocycles. The molecule has 0 unspecified atom stereocenters. The van der Waals surface area contributed by atoms with Crippen molar-refractivity contribution < 1.29 is 14.4 Å². The van der Waals surface area contributed by atoms with Crippen LogP contribution in [0, 0.1) is 0 Å². The van der Waals surface area contributed by atoms with Crippen molar-refractivity contribution in [3.8, 4) is 0 Å². The fourth-order valence-electron chi connectivity index (χ4n) is 5.05. The van der Waals surface area contributed by atoms with Crippen LogP contribution < -0.4 is 5.32 Å². The number of rotatable bonds is 7. The minimum Gasteiger partial charge on any atom is -0.333 e. The monoisotopic (exact) mass is 477 g/mol. The third-order valence-corrected chi connectivity index (χ3v) is 6.96. The SMILES string of the molecule is CCCC[C@H]1C(=O)N([C@H](C)c2ccccc2)C[C@H]2N1C(=O)CN(C)N2C(=O)NCc1ccccc1. The van der Waals surface area contributed by atoms with Crippen molar-refractivity contribution in [3.63, 3.8) is 0 Å². The van der Waals surface area contributed by atoms with Crippen LogP contribution in [0.1, 0.15) is 50.3 Å². The number of carbonyl (C=O) groups excluding carboxylic acids is 3. The number of likely N-dealkylation sites (N-methyl/N-ethyl adjacent to an activating group) is 1. The van der Waals surface area contributed by atoms with Gasteiger partial charge in [0.25, 0.3) is 0 Å². The molecule has 35 heavy (non-hydrogen) atoms. The highest BCUT2D eigenvalue weighted by Gasteiger charge is 2.51. The van der Waals surface area contributed by atoms with Gasteiger partial charge in [-0.25, -0.2) is 14.8 Å². The number of unbranched alkanes of at least 4 members (excludes halogenated alkanes) is 1. The van der Waals surface area contributed by atoms with Crippen LogP contribution in [0.4, 0.5) is 4.79 Å². The second kappa shape index (κ2) is 10.9. The number of nitrogens with one attached hydrogen (secondary N) is 1. The first-order chi connectivity index (χ1) is 16.9. The van der Waals surface area contributed by atoms with Gasteiger partial charge in [0.2, 0.25) is 11.8 Å². The standard InChI is InChI=1S/C27H35N5O3/c1-4-5-16-23-26(34)30(20(2)22-14-10-7-11-15-22)18-24-31(23)25(33)19-29(3)32(24)27(35)28-17-21-12-8-6-9-13-21/h6-15,20,23-24H,4-5,16-19H2,1-3H3,(H,28,35)/t20-,23+,24+/m1/s1.